The van der Waals surface area contributed by atoms with Crippen LogP contribution in [-0.4, -0.2) is 121 Å². The number of unbranched alkanes of at least 4 members (excludes halogenated alkanes) is 12. The highest BCUT2D eigenvalue weighted by Gasteiger charge is 2.51. The third-order valence-electron chi connectivity index (χ3n) is 10.2. The van der Waals surface area contributed by atoms with Crippen LogP contribution >= 0.6 is 7.82 Å². The van der Waals surface area contributed by atoms with Crippen LogP contribution in [0.2, 0.25) is 0 Å². The molecule has 1 aliphatic rings. The molecule has 362 valence electrons. The molecule has 63 heavy (non-hydrogen) atoms. The van der Waals surface area contributed by atoms with E-state index < -0.39 is 87.9 Å². The summed E-state index contributed by atoms with van der Waals surface area (Å²) in [6.07, 6.45) is 24.5. The summed E-state index contributed by atoms with van der Waals surface area (Å²) in [6, 6.07) is 0. The zero-order valence-electron chi connectivity index (χ0n) is 37.6. The summed E-state index contributed by atoms with van der Waals surface area (Å²) in [7, 11) is -5.16. The number of phosphoric ester groups is 1. The Hall–Kier alpha value is -2.79. The summed E-state index contributed by atoms with van der Waals surface area (Å²) in [5.41, 5.74) is 0. The predicted molar refractivity (Wildman–Crippen MR) is 242 cm³/mol. The Bertz CT molecular complexity index is 1410. The standard InChI is InChI=1S/C47H79O15P/c1-3-5-7-8-9-10-11-12-13-14-15-20-28-34-41(51)61-39(36-60-63(57,58)62-47-45(55)43(53)42(52)44(54)46(47)56)35-59-40(50)33-27-19-17-16-18-24-30-38(49)32-26-22-21-25-31-37(48)29-23-6-4-2/h6,17-19,21-26,31-32,37-39,42-49,52-56H,3-5,7-16,20,27-30,33-36H2,1-2H3,(H,57,58)/b19-17-,22-21-,23-6-,24-18-,31-25+,32-26+/t37-,38+,39-,42?,43-,44+,45-,46-,47?/m1/s1. The molecule has 0 aromatic heterocycles. The van der Waals surface area contributed by atoms with Gasteiger partial charge in [0.15, 0.2) is 6.10 Å². The van der Waals surface area contributed by atoms with Crippen molar-refractivity contribution in [1.82, 2.24) is 0 Å². The molecule has 0 aromatic carbocycles. The molecule has 0 radical (unpaired) electrons. The van der Waals surface area contributed by atoms with Crippen molar-refractivity contribution in [3.8, 4) is 0 Å². The van der Waals surface area contributed by atoms with Crippen LogP contribution in [0.3, 0.4) is 0 Å². The average Bonchev–Trinajstić information content (AvgIpc) is 3.25. The van der Waals surface area contributed by atoms with Gasteiger partial charge in [0.25, 0.3) is 0 Å². The first-order valence-corrected chi connectivity index (χ1v) is 24.5. The monoisotopic (exact) mass is 915 g/mol. The first kappa shape index (κ1) is 58.2. The molecule has 0 bridgehead atoms. The van der Waals surface area contributed by atoms with E-state index in [1.807, 2.05) is 37.3 Å². The molecule has 0 aromatic rings. The van der Waals surface area contributed by atoms with Crippen LogP contribution in [0.5, 0.6) is 0 Å². The SMILES string of the molecule is CC/C=C\C[C@@H](O)/C=C/C=C\C=C\[C@@H](O)C/C=C\C/C=C\CCC(=O)OC[C@H](COP(=O)(O)OC1[C@H](O)[C@H](O)C(O)[C@H](O)[C@H]1O)OC(=O)CCCCCCCCCCCCCCC. The lowest BCUT2D eigenvalue weighted by Gasteiger charge is -2.41. The minimum atomic E-state index is -5.16. The zero-order chi connectivity index (χ0) is 46.7. The second-order valence-electron chi connectivity index (χ2n) is 15.9. The topological polar surface area (TPSA) is 250 Å². The highest BCUT2D eigenvalue weighted by atomic mass is 31.2. The Morgan fingerprint density at radius 1 is 0.587 bits per heavy atom. The first-order chi connectivity index (χ1) is 30.2. The van der Waals surface area contributed by atoms with Crippen LogP contribution in [-0.2, 0) is 32.7 Å². The van der Waals surface area contributed by atoms with Crippen molar-refractivity contribution in [2.24, 2.45) is 0 Å². The van der Waals surface area contributed by atoms with E-state index in [0.717, 1.165) is 32.1 Å². The van der Waals surface area contributed by atoms with Crippen LogP contribution in [0.1, 0.15) is 142 Å². The summed E-state index contributed by atoms with van der Waals surface area (Å²) in [5.74, 6) is -1.27. The van der Waals surface area contributed by atoms with Gasteiger partial charge in [-0.2, -0.15) is 0 Å². The van der Waals surface area contributed by atoms with Gasteiger partial charge in [0.2, 0.25) is 0 Å². The smallest absolute Gasteiger partial charge is 0.462 e. The van der Waals surface area contributed by atoms with Gasteiger partial charge >= 0.3 is 19.8 Å². The second-order valence-corrected chi connectivity index (χ2v) is 17.3. The van der Waals surface area contributed by atoms with Gasteiger partial charge in [0.1, 0.15) is 43.2 Å². The van der Waals surface area contributed by atoms with E-state index in [4.69, 9.17) is 18.5 Å². The molecule has 0 amide bonds. The Morgan fingerprint density at radius 2 is 1.08 bits per heavy atom. The van der Waals surface area contributed by atoms with Gasteiger partial charge in [-0.15, -0.1) is 0 Å². The Morgan fingerprint density at radius 3 is 1.62 bits per heavy atom. The van der Waals surface area contributed by atoms with E-state index >= 15 is 0 Å². The molecule has 0 spiro atoms. The summed E-state index contributed by atoms with van der Waals surface area (Å²) < 4.78 is 33.4. The van der Waals surface area contributed by atoms with Crippen LogP contribution in [0, 0.1) is 0 Å². The third-order valence-corrected chi connectivity index (χ3v) is 11.2. The number of carbonyl (C=O) groups is 2. The number of allylic oxidation sites excluding steroid dienone is 8. The number of rotatable bonds is 36. The molecule has 10 atom stereocenters. The molecule has 1 aliphatic carbocycles. The Kier molecular flexibility index (Phi) is 33.7. The van der Waals surface area contributed by atoms with Crippen molar-refractivity contribution in [2.75, 3.05) is 13.2 Å². The van der Waals surface area contributed by atoms with Crippen molar-refractivity contribution in [3.05, 3.63) is 72.9 Å². The minimum absolute atomic E-state index is 0.0165. The molecule has 3 unspecified atom stereocenters. The highest BCUT2D eigenvalue weighted by molar-refractivity contribution is 7.47. The predicted octanol–water partition coefficient (Wildman–Crippen LogP) is 6.66. The normalized spacial score (nSPS) is 23.4. The quantitative estimate of drug-likeness (QED) is 0.0108. The molecular weight excluding hydrogens is 835 g/mol. The molecule has 1 fully saturated rings. The highest BCUT2D eigenvalue weighted by Crippen LogP contribution is 2.47. The van der Waals surface area contributed by atoms with Gasteiger partial charge in [0.05, 0.1) is 18.8 Å². The minimum Gasteiger partial charge on any atom is -0.462 e. The lowest BCUT2D eigenvalue weighted by Crippen LogP contribution is -2.64. The first-order valence-electron chi connectivity index (χ1n) is 23.0. The van der Waals surface area contributed by atoms with Crippen molar-refractivity contribution in [3.63, 3.8) is 0 Å². The molecular formula is C47H79O15P. The number of aliphatic hydroxyl groups is 7. The van der Waals surface area contributed by atoms with Crippen molar-refractivity contribution >= 4 is 19.8 Å². The summed E-state index contributed by atoms with van der Waals surface area (Å²) in [6.45, 7) is 2.94. The Labute approximate surface area is 375 Å². The summed E-state index contributed by atoms with van der Waals surface area (Å²) in [4.78, 5) is 35.6. The molecule has 1 saturated carbocycles. The fourth-order valence-electron chi connectivity index (χ4n) is 6.49. The molecule has 16 heteroatoms. The van der Waals surface area contributed by atoms with E-state index in [1.54, 1.807) is 42.5 Å². The number of aliphatic hydroxyl groups excluding tert-OH is 7. The van der Waals surface area contributed by atoms with Crippen LogP contribution in [0.25, 0.3) is 0 Å². The third kappa shape index (κ3) is 29.4. The lowest BCUT2D eigenvalue weighted by molar-refractivity contribution is -0.220. The maximum absolute atomic E-state index is 12.8. The van der Waals surface area contributed by atoms with Gasteiger partial charge in [-0.3, -0.25) is 18.6 Å². The Balaban J connectivity index is 2.56. The fraction of sp³-hybridized carbons (Fsp3) is 0.702. The number of esters is 2. The number of hydrogen-bond acceptors (Lipinski definition) is 14. The van der Waals surface area contributed by atoms with Crippen molar-refractivity contribution in [2.45, 2.75) is 197 Å². The van der Waals surface area contributed by atoms with Crippen LogP contribution < -0.4 is 0 Å². The van der Waals surface area contributed by atoms with E-state index in [2.05, 4.69) is 6.92 Å². The molecule has 15 nitrogen and oxygen atoms in total. The maximum Gasteiger partial charge on any atom is 0.472 e. The zero-order valence-corrected chi connectivity index (χ0v) is 38.5. The average molecular weight is 915 g/mol. The molecule has 0 heterocycles. The van der Waals surface area contributed by atoms with Gasteiger partial charge in [-0.25, -0.2) is 4.57 Å². The molecule has 0 aliphatic heterocycles. The number of ether oxygens (including phenoxy) is 2. The number of carbonyl (C=O) groups excluding carboxylic acids is 2. The summed E-state index contributed by atoms with van der Waals surface area (Å²) >= 11 is 0. The van der Waals surface area contributed by atoms with Crippen molar-refractivity contribution in [1.29, 1.82) is 0 Å². The van der Waals surface area contributed by atoms with Crippen molar-refractivity contribution < 1.29 is 73.3 Å². The van der Waals surface area contributed by atoms with E-state index in [1.165, 1.54) is 51.4 Å². The maximum atomic E-state index is 12.8. The van der Waals surface area contributed by atoms with E-state index in [9.17, 15) is 54.8 Å². The van der Waals surface area contributed by atoms with E-state index in [-0.39, 0.29) is 12.8 Å². The van der Waals surface area contributed by atoms with E-state index in [0.29, 0.717) is 32.1 Å². The molecule has 0 saturated heterocycles. The van der Waals surface area contributed by atoms with Gasteiger partial charge in [-0.05, 0) is 38.5 Å². The number of hydrogen-bond donors (Lipinski definition) is 8. The largest absolute Gasteiger partial charge is 0.472 e. The second kappa shape index (κ2) is 36.4. The molecule has 8 N–H and O–H groups in total. The molecule has 1 rings (SSSR count). The van der Waals surface area contributed by atoms with Gasteiger partial charge in [0, 0.05) is 12.8 Å². The van der Waals surface area contributed by atoms with Gasteiger partial charge in [-0.1, -0.05) is 164 Å². The fourth-order valence-corrected chi connectivity index (χ4v) is 7.46. The van der Waals surface area contributed by atoms with Gasteiger partial charge < -0.3 is 50.1 Å². The lowest BCUT2D eigenvalue weighted by atomic mass is 9.85. The van der Waals surface area contributed by atoms with Crippen LogP contribution in [0.4, 0.5) is 0 Å². The number of phosphoric acid groups is 1. The van der Waals surface area contributed by atoms with Crippen LogP contribution in [0.15, 0.2) is 72.9 Å². The summed E-state index contributed by atoms with van der Waals surface area (Å²) in [5, 5.41) is 70.1.